The maximum atomic E-state index is 12.4. The fourth-order valence-corrected chi connectivity index (χ4v) is 4.29. The Morgan fingerprint density at radius 3 is 2.61 bits per heavy atom. The summed E-state index contributed by atoms with van der Waals surface area (Å²) in [4.78, 5) is 0.289. The van der Waals surface area contributed by atoms with Gasteiger partial charge in [-0.2, -0.15) is 0 Å². The van der Waals surface area contributed by atoms with Gasteiger partial charge in [-0.3, -0.25) is 0 Å². The fraction of sp³-hybridized carbons (Fsp3) is 0.538. The van der Waals surface area contributed by atoms with Gasteiger partial charge in [-0.1, -0.05) is 24.6 Å². The van der Waals surface area contributed by atoms with E-state index in [4.69, 9.17) is 0 Å². The zero-order chi connectivity index (χ0) is 13.2. The lowest BCUT2D eigenvalue weighted by Crippen LogP contribution is -2.30. The van der Waals surface area contributed by atoms with Gasteiger partial charge >= 0.3 is 0 Å². The lowest BCUT2D eigenvalue weighted by atomic mass is 10.00. The molecule has 0 saturated heterocycles. The Balaban J connectivity index is 2.38. The Bertz CT molecular complexity index is 509. The van der Waals surface area contributed by atoms with E-state index in [9.17, 15) is 13.5 Å². The number of nitrogens with one attached hydrogen (secondary N) is 1. The molecule has 0 aromatic heterocycles. The molecule has 1 aliphatic rings. The highest BCUT2D eigenvalue weighted by Gasteiger charge is 2.34. The summed E-state index contributed by atoms with van der Waals surface area (Å²) < 4.78 is 24.8. The minimum absolute atomic E-state index is 0.263. The number of aliphatic hydroxyl groups is 1. The molecule has 1 atom stereocenters. The summed E-state index contributed by atoms with van der Waals surface area (Å²) in [5, 5.41) is 12.6. The molecule has 1 aliphatic carbocycles. The molecule has 0 bridgehead atoms. The monoisotopic (exact) mass is 269 g/mol. The lowest BCUT2D eigenvalue weighted by Gasteiger charge is -2.27. The highest BCUT2D eigenvalue weighted by Crippen LogP contribution is 2.34. The molecule has 2 N–H and O–H groups in total. The molecular weight excluding hydrogens is 250 g/mol. The van der Waals surface area contributed by atoms with Gasteiger partial charge in [-0.15, -0.1) is 0 Å². The number of aliphatic hydroxyl groups excluding tert-OH is 1. The van der Waals surface area contributed by atoms with Crippen molar-refractivity contribution in [1.29, 1.82) is 0 Å². The van der Waals surface area contributed by atoms with Crippen molar-refractivity contribution in [2.75, 3.05) is 13.6 Å². The molecule has 1 saturated carbocycles. The summed E-state index contributed by atoms with van der Waals surface area (Å²) in [6, 6.07) is 6.75. The number of benzene rings is 1. The molecule has 0 aliphatic heterocycles. The molecule has 1 aromatic rings. The minimum atomic E-state index is -3.28. The molecule has 18 heavy (non-hydrogen) atoms. The van der Waals surface area contributed by atoms with Crippen molar-refractivity contribution in [2.45, 2.75) is 35.5 Å². The van der Waals surface area contributed by atoms with E-state index in [0.717, 1.165) is 19.3 Å². The Hall–Kier alpha value is -0.910. The van der Waals surface area contributed by atoms with Gasteiger partial charge in [0.05, 0.1) is 16.2 Å². The zero-order valence-corrected chi connectivity index (χ0v) is 11.3. The molecule has 5 heteroatoms. The van der Waals surface area contributed by atoms with Crippen LogP contribution in [0.1, 0.15) is 30.9 Å². The van der Waals surface area contributed by atoms with Crippen molar-refractivity contribution in [2.24, 2.45) is 0 Å². The van der Waals surface area contributed by atoms with Crippen molar-refractivity contribution >= 4 is 9.84 Å². The standard InChI is InChI=1S/C13H19NO3S/c1-14-9-12(15)11-7-2-3-8-13(11)18(16,17)10-5-4-6-10/h2-3,7-8,10,12,14-15H,4-6,9H2,1H3. The number of hydrogen-bond donors (Lipinski definition) is 2. The maximum absolute atomic E-state index is 12.4. The van der Waals surface area contributed by atoms with Crippen LogP contribution in [0.3, 0.4) is 0 Å². The third-order valence-electron chi connectivity index (χ3n) is 3.47. The van der Waals surface area contributed by atoms with Crippen LogP contribution in [0.5, 0.6) is 0 Å². The van der Waals surface area contributed by atoms with Gasteiger partial charge in [-0.25, -0.2) is 8.42 Å². The zero-order valence-electron chi connectivity index (χ0n) is 10.5. The number of rotatable bonds is 5. The molecule has 1 aromatic carbocycles. The van der Waals surface area contributed by atoms with E-state index in [1.165, 1.54) is 0 Å². The Morgan fingerprint density at radius 1 is 1.39 bits per heavy atom. The Morgan fingerprint density at radius 2 is 2.06 bits per heavy atom. The molecular formula is C13H19NO3S. The predicted molar refractivity (Wildman–Crippen MR) is 70.2 cm³/mol. The van der Waals surface area contributed by atoms with Crippen LogP contribution in [-0.4, -0.2) is 32.4 Å². The van der Waals surface area contributed by atoms with E-state index in [-0.39, 0.29) is 10.1 Å². The first-order valence-electron chi connectivity index (χ1n) is 6.23. The molecule has 100 valence electrons. The third kappa shape index (κ3) is 2.43. The summed E-state index contributed by atoms with van der Waals surface area (Å²) in [6.07, 6.45) is 1.66. The summed E-state index contributed by atoms with van der Waals surface area (Å²) in [6.45, 7) is 0.344. The maximum Gasteiger partial charge on any atom is 0.181 e. The highest BCUT2D eigenvalue weighted by molar-refractivity contribution is 7.92. The molecule has 0 amide bonds. The molecule has 2 rings (SSSR count). The second-order valence-electron chi connectivity index (χ2n) is 4.71. The number of sulfone groups is 1. The molecule has 1 unspecified atom stereocenters. The average Bonchev–Trinajstić information content (AvgIpc) is 2.26. The molecule has 0 heterocycles. The topological polar surface area (TPSA) is 66.4 Å². The first kappa shape index (κ1) is 13.5. The van der Waals surface area contributed by atoms with Crippen LogP contribution in [0.2, 0.25) is 0 Å². The molecule has 0 radical (unpaired) electrons. The fourth-order valence-electron chi connectivity index (χ4n) is 2.18. The van der Waals surface area contributed by atoms with Crippen molar-refractivity contribution in [3.63, 3.8) is 0 Å². The van der Waals surface area contributed by atoms with Crippen LogP contribution >= 0.6 is 0 Å². The van der Waals surface area contributed by atoms with Crippen LogP contribution < -0.4 is 5.32 Å². The van der Waals surface area contributed by atoms with Crippen molar-refractivity contribution in [1.82, 2.24) is 5.32 Å². The van der Waals surface area contributed by atoms with Crippen molar-refractivity contribution in [3.8, 4) is 0 Å². The molecule has 4 nitrogen and oxygen atoms in total. The van der Waals surface area contributed by atoms with E-state index in [1.54, 1.807) is 31.3 Å². The average molecular weight is 269 g/mol. The molecule has 1 fully saturated rings. The van der Waals surface area contributed by atoms with Crippen LogP contribution in [0.15, 0.2) is 29.2 Å². The Labute approximate surface area is 108 Å². The van der Waals surface area contributed by atoms with Gasteiger partial charge in [0.15, 0.2) is 9.84 Å². The third-order valence-corrected chi connectivity index (χ3v) is 5.81. The summed E-state index contributed by atoms with van der Waals surface area (Å²) in [7, 11) is -1.56. The van der Waals surface area contributed by atoms with Crippen molar-refractivity contribution < 1.29 is 13.5 Å². The lowest BCUT2D eigenvalue weighted by molar-refractivity contribution is 0.174. The minimum Gasteiger partial charge on any atom is -0.387 e. The van der Waals surface area contributed by atoms with E-state index < -0.39 is 15.9 Å². The predicted octanol–water partition coefficient (Wildman–Crippen LogP) is 1.27. The van der Waals surface area contributed by atoms with Gasteiger partial charge in [0, 0.05) is 12.1 Å². The van der Waals surface area contributed by atoms with Crippen molar-refractivity contribution in [3.05, 3.63) is 29.8 Å². The van der Waals surface area contributed by atoms with Gasteiger partial charge in [-0.05, 0) is 26.0 Å². The van der Waals surface area contributed by atoms with Crippen LogP contribution in [0.25, 0.3) is 0 Å². The molecule has 0 spiro atoms. The van der Waals surface area contributed by atoms with Crippen LogP contribution in [-0.2, 0) is 9.84 Å². The number of likely N-dealkylation sites (N-methyl/N-ethyl adjacent to an activating group) is 1. The second kappa shape index (κ2) is 5.38. The van der Waals surface area contributed by atoms with E-state index in [0.29, 0.717) is 12.1 Å². The van der Waals surface area contributed by atoms with Gasteiger partial charge in [0.25, 0.3) is 0 Å². The van der Waals surface area contributed by atoms with E-state index in [2.05, 4.69) is 5.32 Å². The quantitative estimate of drug-likeness (QED) is 0.844. The van der Waals surface area contributed by atoms with E-state index in [1.807, 2.05) is 0 Å². The highest BCUT2D eigenvalue weighted by atomic mass is 32.2. The summed E-state index contributed by atoms with van der Waals surface area (Å²) in [5.74, 6) is 0. The second-order valence-corrected chi connectivity index (χ2v) is 6.91. The summed E-state index contributed by atoms with van der Waals surface area (Å²) >= 11 is 0. The first-order chi connectivity index (χ1) is 8.57. The van der Waals surface area contributed by atoms with E-state index >= 15 is 0 Å². The SMILES string of the molecule is CNCC(O)c1ccccc1S(=O)(=O)C1CCC1. The van der Waals surface area contributed by atoms with Crippen LogP contribution in [0, 0.1) is 0 Å². The van der Waals surface area contributed by atoms with Crippen LogP contribution in [0.4, 0.5) is 0 Å². The number of hydrogen-bond acceptors (Lipinski definition) is 4. The summed E-state index contributed by atoms with van der Waals surface area (Å²) in [5.41, 5.74) is 0.499. The largest absolute Gasteiger partial charge is 0.387 e. The van der Waals surface area contributed by atoms with Gasteiger partial charge in [0.2, 0.25) is 0 Å². The first-order valence-corrected chi connectivity index (χ1v) is 7.77. The smallest absolute Gasteiger partial charge is 0.181 e. The van der Waals surface area contributed by atoms with Gasteiger partial charge < -0.3 is 10.4 Å². The normalized spacial score (nSPS) is 18.3. The Kier molecular flexibility index (Phi) is 4.04. The van der Waals surface area contributed by atoms with Gasteiger partial charge in [0.1, 0.15) is 0 Å².